The standard InChI is InChI=1S/C26H43N/c1-2-3-7-10-23-12-16-25(17-13-23)20-21-26-18-14-24(15-19-26)11-8-5-4-6-9-22-27/h4-6,9,23-26H,2-3,7-8,10-21H2,1H3/b5-4+,9-6+/t23-,24-,25-,26-. The molecule has 2 fully saturated rings. The zero-order valence-electron chi connectivity index (χ0n) is 17.9. The van der Waals surface area contributed by atoms with Gasteiger partial charge in [0.1, 0.15) is 0 Å². The van der Waals surface area contributed by atoms with Crippen molar-refractivity contribution in [3.8, 4) is 6.07 Å². The first-order valence-electron chi connectivity index (χ1n) is 12.0. The van der Waals surface area contributed by atoms with Crippen molar-refractivity contribution >= 4 is 0 Å². The number of hydrogen-bond donors (Lipinski definition) is 0. The summed E-state index contributed by atoms with van der Waals surface area (Å²) in [6, 6.07) is 2.03. The van der Waals surface area contributed by atoms with E-state index in [1.54, 1.807) is 6.08 Å². The van der Waals surface area contributed by atoms with Gasteiger partial charge in [-0.1, -0.05) is 115 Å². The minimum Gasteiger partial charge on any atom is -0.193 e. The van der Waals surface area contributed by atoms with Gasteiger partial charge < -0.3 is 0 Å². The Morgan fingerprint density at radius 3 is 1.74 bits per heavy atom. The van der Waals surface area contributed by atoms with Crippen molar-refractivity contribution in [2.75, 3.05) is 0 Å². The van der Waals surface area contributed by atoms with Gasteiger partial charge in [-0.2, -0.15) is 5.26 Å². The van der Waals surface area contributed by atoms with Crippen molar-refractivity contribution < 1.29 is 0 Å². The van der Waals surface area contributed by atoms with E-state index < -0.39 is 0 Å². The summed E-state index contributed by atoms with van der Waals surface area (Å²) in [5.41, 5.74) is 0. The van der Waals surface area contributed by atoms with Crippen LogP contribution in [0.2, 0.25) is 0 Å². The van der Waals surface area contributed by atoms with Gasteiger partial charge >= 0.3 is 0 Å². The van der Waals surface area contributed by atoms with Crippen LogP contribution in [0.25, 0.3) is 0 Å². The van der Waals surface area contributed by atoms with Crippen LogP contribution in [0, 0.1) is 35.0 Å². The molecule has 0 heterocycles. The molecule has 0 saturated heterocycles. The highest BCUT2D eigenvalue weighted by molar-refractivity contribution is 5.11. The zero-order chi connectivity index (χ0) is 19.2. The monoisotopic (exact) mass is 369 g/mol. The molecule has 0 spiro atoms. The predicted molar refractivity (Wildman–Crippen MR) is 117 cm³/mol. The summed E-state index contributed by atoms with van der Waals surface area (Å²) in [6.07, 6.45) is 30.9. The van der Waals surface area contributed by atoms with Crippen LogP contribution in [0.1, 0.15) is 110 Å². The number of rotatable bonds is 11. The highest BCUT2D eigenvalue weighted by atomic mass is 14.3. The minimum absolute atomic E-state index is 0.949. The molecule has 0 aromatic rings. The molecule has 0 radical (unpaired) electrons. The number of nitrogens with zero attached hydrogens (tertiary/aromatic N) is 1. The molecule has 0 bridgehead atoms. The van der Waals surface area contributed by atoms with Crippen LogP contribution >= 0.6 is 0 Å². The Morgan fingerprint density at radius 2 is 1.22 bits per heavy atom. The Hall–Kier alpha value is -1.03. The quantitative estimate of drug-likeness (QED) is 0.204. The summed E-state index contributed by atoms with van der Waals surface area (Å²) in [6.45, 7) is 2.32. The van der Waals surface area contributed by atoms with Crippen molar-refractivity contribution in [3.05, 3.63) is 24.3 Å². The van der Waals surface area contributed by atoms with Gasteiger partial charge in [-0.3, -0.25) is 0 Å². The van der Waals surface area contributed by atoms with Crippen molar-refractivity contribution in [3.63, 3.8) is 0 Å². The maximum Gasteiger partial charge on any atom is 0.0912 e. The molecule has 0 atom stereocenters. The highest BCUT2D eigenvalue weighted by Gasteiger charge is 2.24. The molecule has 1 heteroatoms. The number of nitriles is 1. The lowest BCUT2D eigenvalue weighted by atomic mass is 9.74. The van der Waals surface area contributed by atoms with Gasteiger partial charge in [0.05, 0.1) is 6.07 Å². The third-order valence-electron chi connectivity index (χ3n) is 7.29. The van der Waals surface area contributed by atoms with Crippen molar-refractivity contribution in [1.82, 2.24) is 0 Å². The van der Waals surface area contributed by atoms with Gasteiger partial charge in [-0.25, -0.2) is 0 Å². The van der Waals surface area contributed by atoms with Gasteiger partial charge in [0, 0.05) is 6.08 Å². The fraction of sp³-hybridized carbons (Fsp3) is 0.808. The summed E-state index contributed by atoms with van der Waals surface area (Å²) in [5, 5.41) is 8.46. The van der Waals surface area contributed by atoms with E-state index in [1.165, 1.54) is 103 Å². The smallest absolute Gasteiger partial charge is 0.0912 e. The average Bonchev–Trinajstić information content (AvgIpc) is 2.71. The second kappa shape index (κ2) is 14.0. The summed E-state index contributed by atoms with van der Waals surface area (Å²) in [5.74, 6) is 4.09. The fourth-order valence-electron chi connectivity index (χ4n) is 5.38. The molecule has 2 aliphatic rings. The van der Waals surface area contributed by atoms with Crippen LogP contribution in [0.4, 0.5) is 0 Å². The summed E-state index contributed by atoms with van der Waals surface area (Å²) in [4.78, 5) is 0. The van der Waals surface area contributed by atoms with Crippen molar-refractivity contribution in [2.45, 2.75) is 110 Å². The molecule has 152 valence electrons. The molecule has 27 heavy (non-hydrogen) atoms. The first-order chi connectivity index (χ1) is 13.3. The second-order valence-electron chi connectivity index (χ2n) is 9.34. The number of allylic oxidation sites excluding steroid dienone is 4. The van der Waals surface area contributed by atoms with Gasteiger partial charge in [0.2, 0.25) is 0 Å². The van der Waals surface area contributed by atoms with Crippen LogP contribution in [-0.2, 0) is 0 Å². The molecule has 0 aromatic carbocycles. The number of hydrogen-bond acceptors (Lipinski definition) is 1. The summed E-state index contributed by atoms with van der Waals surface area (Å²) >= 11 is 0. The Balaban J connectivity index is 1.50. The number of unbranched alkanes of at least 4 members (excludes halogenated alkanes) is 2. The Labute approximate surface area is 169 Å². The van der Waals surface area contributed by atoms with E-state index in [4.69, 9.17) is 5.26 Å². The van der Waals surface area contributed by atoms with Crippen LogP contribution in [0.5, 0.6) is 0 Å². The van der Waals surface area contributed by atoms with Gasteiger partial charge in [0.25, 0.3) is 0 Å². The molecule has 1 nitrogen and oxygen atoms in total. The Bertz CT molecular complexity index is 453. The first-order valence-corrected chi connectivity index (χ1v) is 12.0. The van der Waals surface area contributed by atoms with Gasteiger partial charge in [-0.05, 0) is 36.5 Å². The van der Waals surface area contributed by atoms with E-state index in [0.717, 1.165) is 23.7 Å². The third-order valence-corrected chi connectivity index (χ3v) is 7.29. The van der Waals surface area contributed by atoms with Crippen molar-refractivity contribution in [1.29, 1.82) is 5.26 Å². The molecule has 0 aromatic heterocycles. The lowest BCUT2D eigenvalue weighted by Gasteiger charge is -2.32. The van der Waals surface area contributed by atoms with Crippen molar-refractivity contribution in [2.24, 2.45) is 23.7 Å². The molecule has 2 aliphatic carbocycles. The van der Waals surface area contributed by atoms with Gasteiger partial charge in [0.15, 0.2) is 0 Å². The zero-order valence-corrected chi connectivity index (χ0v) is 17.9. The van der Waals surface area contributed by atoms with Crippen LogP contribution in [0.3, 0.4) is 0 Å². The topological polar surface area (TPSA) is 23.8 Å². The van der Waals surface area contributed by atoms with Crippen LogP contribution in [0.15, 0.2) is 24.3 Å². The SMILES string of the molecule is CCCCC[C@H]1CC[C@H](CC[C@H]2CC[C@H](CC/C=C/C=C/C#N)CC2)CC1. The fourth-order valence-corrected chi connectivity index (χ4v) is 5.38. The highest BCUT2D eigenvalue weighted by Crippen LogP contribution is 2.38. The molecule has 0 amide bonds. The first kappa shape index (κ1) is 22.3. The van der Waals surface area contributed by atoms with E-state index in [9.17, 15) is 0 Å². The second-order valence-corrected chi connectivity index (χ2v) is 9.34. The largest absolute Gasteiger partial charge is 0.193 e. The molecule has 0 aliphatic heterocycles. The van der Waals surface area contributed by atoms with E-state index in [1.807, 2.05) is 18.2 Å². The molecule has 2 saturated carbocycles. The van der Waals surface area contributed by atoms with E-state index >= 15 is 0 Å². The average molecular weight is 370 g/mol. The summed E-state index contributed by atoms with van der Waals surface area (Å²) < 4.78 is 0. The maximum absolute atomic E-state index is 8.46. The Morgan fingerprint density at radius 1 is 0.704 bits per heavy atom. The molecular weight excluding hydrogens is 326 g/mol. The van der Waals surface area contributed by atoms with Crippen LogP contribution < -0.4 is 0 Å². The third kappa shape index (κ3) is 9.64. The van der Waals surface area contributed by atoms with Gasteiger partial charge in [-0.15, -0.1) is 0 Å². The lowest BCUT2D eigenvalue weighted by molar-refractivity contribution is 0.209. The maximum atomic E-state index is 8.46. The van der Waals surface area contributed by atoms with E-state index in [-0.39, 0.29) is 0 Å². The van der Waals surface area contributed by atoms with E-state index in [2.05, 4.69) is 13.0 Å². The molecule has 0 unspecified atom stereocenters. The minimum atomic E-state index is 0.949. The molecule has 2 rings (SSSR count). The molecule has 0 N–H and O–H groups in total. The molecular formula is C26H43N. The van der Waals surface area contributed by atoms with Crippen LogP contribution in [-0.4, -0.2) is 0 Å². The normalized spacial score (nSPS) is 29.3. The predicted octanol–water partition coefficient (Wildman–Crippen LogP) is 8.38. The summed E-state index contributed by atoms with van der Waals surface area (Å²) in [7, 11) is 0. The lowest BCUT2D eigenvalue weighted by Crippen LogP contribution is -2.18. The van der Waals surface area contributed by atoms with E-state index in [0.29, 0.717) is 0 Å². The Kier molecular flexibility index (Phi) is 11.6.